The summed E-state index contributed by atoms with van der Waals surface area (Å²) in [4.78, 5) is 12.1. The van der Waals surface area contributed by atoms with Crippen molar-refractivity contribution in [2.45, 2.75) is 77.0 Å². The molecule has 1 aromatic rings. The van der Waals surface area contributed by atoms with Gasteiger partial charge in [0.1, 0.15) is 28.6 Å². The Morgan fingerprint density at radius 2 is 1.85 bits per heavy atom. The van der Waals surface area contributed by atoms with Crippen LogP contribution in [0.2, 0.25) is 0 Å². The molecule has 33 heavy (non-hydrogen) atoms. The van der Waals surface area contributed by atoms with Crippen molar-refractivity contribution < 1.29 is 36.4 Å². The molecule has 0 amide bonds. The van der Waals surface area contributed by atoms with Crippen LogP contribution in [0.3, 0.4) is 0 Å². The highest BCUT2D eigenvalue weighted by Crippen LogP contribution is 2.40. The molecule has 6 nitrogen and oxygen atoms in total. The minimum atomic E-state index is -4.82. The van der Waals surface area contributed by atoms with Crippen LogP contribution in [0.4, 0.5) is 13.2 Å². The molecule has 1 fully saturated rings. The molecular formula is C23H30F3NO5S. The molecule has 1 saturated carbocycles. The van der Waals surface area contributed by atoms with Crippen molar-refractivity contribution in [2.24, 2.45) is 16.2 Å². The van der Waals surface area contributed by atoms with Crippen LogP contribution in [0.25, 0.3) is 0 Å². The molecule has 3 rings (SSSR count). The maximum Gasteiger partial charge on any atom is 0.573 e. The second-order valence-electron chi connectivity index (χ2n) is 9.33. The van der Waals surface area contributed by atoms with Crippen molar-refractivity contribution in [3.05, 3.63) is 23.8 Å². The number of benzene rings is 1. The highest BCUT2D eigenvalue weighted by Gasteiger charge is 2.37. The van der Waals surface area contributed by atoms with E-state index in [1.54, 1.807) is 6.92 Å². The van der Waals surface area contributed by atoms with Gasteiger partial charge in [-0.15, -0.1) is 13.2 Å². The third-order valence-electron chi connectivity index (χ3n) is 5.80. The number of ether oxygens (including phenoxy) is 3. The number of esters is 1. The van der Waals surface area contributed by atoms with E-state index < -0.39 is 22.1 Å². The highest BCUT2D eigenvalue weighted by molar-refractivity contribution is 7.85. The fraction of sp³-hybridized carbons (Fsp3) is 0.652. The van der Waals surface area contributed by atoms with Gasteiger partial charge in [-0.25, -0.2) is 4.21 Å². The predicted molar refractivity (Wildman–Crippen MR) is 119 cm³/mol. The minimum Gasteiger partial charge on any atom is -0.489 e. The summed E-state index contributed by atoms with van der Waals surface area (Å²) < 4.78 is 70.0. The fourth-order valence-electron chi connectivity index (χ4n) is 4.11. The first kappa shape index (κ1) is 25.5. The zero-order chi connectivity index (χ0) is 24.4. The van der Waals surface area contributed by atoms with Gasteiger partial charge in [0.15, 0.2) is 0 Å². The zero-order valence-corrected chi connectivity index (χ0v) is 20.1. The third-order valence-corrected chi connectivity index (χ3v) is 7.24. The van der Waals surface area contributed by atoms with Crippen molar-refractivity contribution in [3.63, 3.8) is 0 Å². The molecule has 10 heteroatoms. The quantitative estimate of drug-likeness (QED) is 0.521. The lowest BCUT2D eigenvalue weighted by Crippen LogP contribution is -2.37. The van der Waals surface area contributed by atoms with Gasteiger partial charge in [0.05, 0.1) is 23.0 Å². The summed E-state index contributed by atoms with van der Waals surface area (Å²) in [5.74, 6) is -0.410. The Balaban J connectivity index is 1.85. The van der Waals surface area contributed by atoms with E-state index in [4.69, 9.17) is 9.47 Å². The Morgan fingerprint density at radius 3 is 2.42 bits per heavy atom. The van der Waals surface area contributed by atoms with Crippen LogP contribution in [0, 0.1) is 11.8 Å². The SMILES string of the molecule is CCOC(=O)C1CCC([C@H]2CC(=N[S@@](=O)C(C)(C)C)c3ccc(OC(F)(F)F)cc3O2)CC1. The van der Waals surface area contributed by atoms with E-state index in [2.05, 4.69) is 9.13 Å². The van der Waals surface area contributed by atoms with Gasteiger partial charge in [0.2, 0.25) is 0 Å². The van der Waals surface area contributed by atoms with Crippen molar-refractivity contribution in [1.82, 2.24) is 0 Å². The molecule has 2 aliphatic rings. The summed E-state index contributed by atoms with van der Waals surface area (Å²) in [6.45, 7) is 7.54. The second-order valence-corrected chi connectivity index (χ2v) is 11.2. The molecule has 0 aromatic heterocycles. The van der Waals surface area contributed by atoms with Crippen LogP contribution in [0.5, 0.6) is 11.5 Å². The second kappa shape index (κ2) is 10.0. The Morgan fingerprint density at radius 1 is 1.18 bits per heavy atom. The number of halogens is 3. The molecular weight excluding hydrogens is 459 g/mol. The summed E-state index contributed by atoms with van der Waals surface area (Å²) in [7, 11) is -1.54. The molecule has 2 atom stereocenters. The van der Waals surface area contributed by atoms with E-state index in [1.165, 1.54) is 18.2 Å². The summed E-state index contributed by atoms with van der Waals surface area (Å²) >= 11 is 0. The molecule has 1 aromatic carbocycles. The number of hydrogen-bond acceptors (Lipinski definition) is 5. The Hall–Kier alpha value is -2.10. The first-order valence-corrected chi connectivity index (χ1v) is 12.2. The minimum absolute atomic E-state index is 0.0873. The summed E-state index contributed by atoms with van der Waals surface area (Å²) in [6.07, 6.45) is -2.02. The first-order valence-electron chi connectivity index (χ1n) is 11.1. The number of carbonyl (C=O) groups excluding carboxylic acids is 1. The number of hydrogen-bond donors (Lipinski definition) is 0. The van der Waals surface area contributed by atoms with Crippen LogP contribution >= 0.6 is 0 Å². The summed E-state index contributed by atoms with van der Waals surface area (Å²) in [5, 5.41) is 0. The zero-order valence-electron chi connectivity index (χ0n) is 19.2. The van der Waals surface area contributed by atoms with Crippen LogP contribution in [-0.4, -0.2) is 39.7 Å². The maximum absolute atomic E-state index is 12.7. The molecule has 1 aliphatic carbocycles. The van der Waals surface area contributed by atoms with Gasteiger partial charge in [-0.05, 0) is 71.4 Å². The van der Waals surface area contributed by atoms with Crippen molar-refractivity contribution in [2.75, 3.05) is 6.61 Å². The number of rotatable bonds is 5. The molecule has 1 aliphatic heterocycles. The standard InChI is InChI=1S/C23H30F3NO5S/c1-5-30-21(28)15-8-6-14(7-9-15)19-13-18(27-33(29)22(2,3)4)17-11-10-16(12-20(17)31-19)32-23(24,25)26/h10-12,14-15,19H,5-9,13H2,1-4H3/t14?,15?,19-,33+/m1/s1. The van der Waals surface area contributed by atoms with Crippen molar-refractivity contribution in [3.8, 4) is 11.5 Å². The van der Waals surface area contributed by atoms with Crippen LogP contribution in [0.1, 0.15) is 65.4 Å². The van der Waals surface area contributed by atoms with E-state index in [0.717, 1.165) is 12.8 Å². The fourth-order valence-corrected chi connectivity index (χ4v) is 4.76. The molecule has 0 radical (unpaired) electrons. The van der Waals surface area contributed by atoms with Crippen LogP contribution in [-0.2, 0) is 20.5 Å². The van der Waals surface area contributed by atoms with E-state index in [9.17, 15) is 22.2 Å². The van der Waals surface area contributed by atoms with Gasteiger partial charge in [-0.2, -0.15) is 4.40 Å². The topological polar surface area (TPSA) is 74.2 Å². The molecule has 1 heterocycles. The van der Waals surface area contributed by atoms with Gasteiger partial charge in [-0.3, -0.25) is 4.79 Å². The molecule has 0 spiro atoms. The molecule has 0 unspecified atom stereocenters. The van der Waals surface area contributed by atoms with Gasteiger partial charge >= 0.3 is 12.3 Å². The number of nitrogens with zero attached hydrogens (tertiary/aromatic N) is 1. The monoisotopic (exact) mass is 489 g/mol. The van der Waals surface area contributed by atoms with Gasteiger partial charge in [0, 0.05) is 18.1 Å². The normalized spacial score (nSPS) is 25.7. The van der Waals surface area contributed by atoms with E-state index in [-0.39, 0.29) is 35.4 Å². The Kier molecular flexibility index (Phi) is 7.76. The van der Waals surface area contributed by atoms with Gasteiger partial charge in [-0.1, -0.05) is 0 Å². The maximum atomic E-state index is 12.7. The Labute approximate surface area is 194 Å². The molecule has 0 saturated heterocycles. The third kappa shape index (κ3) is 6.71. The molecule has 184 valence electrons. The van der Waals surface area contributed by atoms with E-state index >= 15 is 0 Å². The number of carbonyl (C=O) groups is 1. The predicted octanol–water partition coefficient (Wildman–Crippen LogP) is 5.36. The highest BCUT2D eigenvalue weighted by atomic mass is 32.2. The lowest BCUT2D eigenvalue weighted by molar-refractivity contribution is -0.274. The lowest BCUT2D eigenvalue weighted by Gasteiger charge is -2.36. The van der Waals surface area contributed by atoms with Crippen LogP contribution < -0.4 is 9.47 Å². The average molecular weight is 490 g/mol. The molecule has 0 bridgehead atoms. The summed E-state index contributed by atoms with van der Waals surface area (Å²) in [6, 6.07) is 3.87. The Bertz CT molecular complexity index is 918. The van der Waals surface area contributed by atoms with E-state index in [1.807, 2.05) is 20.8 Å². The van der Waals surface area contributed by atoms with Gasteiger partial charge < -0.3 is 14.2 Å². The largest absolute Gasteiger partial charge is 0.573 e. The lowest BCUT2D eigenvalue weighted by atomic mass is 9.77. The average Bonchev–Trinajstić information content (AvgIpc) is 2.71. The van der Waals surface area contributed by atoms with Crippen molar-refractivity contribution in [1.29, 1.82) is 0 Å². The summed E-state index contributed by atoms with van der Waals surface area (Å²) in [5.41, 5.74) is 1.05. The molecule has 0 N–H and O–H groups in total. The van der Waals surface area contributed by atoms with E-state index in [0.29, 0.717) is 37.1 Å². The van der Waals surface area contributed by atoms with Crippen molar-refractivity contribution >= 4 is 22.7 Å². The number of alkyl halides is 3. The van der Waals surface area contributed by atoms with Crippen LogP contribution in [0.15, 0.2) is 22.6 Å². The first-order chi connectivity index (χ1) is 15.4. The van der Waals surface area contributed by atoms with Gasteiger partial charge in [0.25, 0.3) is 0 Å². The smallest absolute Gasteiger partial charge is 0.489 e. The number of fused-ring (bicyclic) bond motifs is 1.